The average molecular weight is 1040 g/mol. The molecule has 0 bridgehead atoms. The molecule has 20 nitrogen and oxygen atoms in total. The zero-order chi connectivity index (χ0) is 55.5. The number of carbonyl (C=O) groups is 10. The molecule has 0 spiro atoms. The maximum atomic E-state index is 14.2. The van der Waals surface area contributed by atoms with Crippen molar-refractivity contribution in [3.63, 3.8) is 0 Å². The molecule has 0 saturated carbocycles. The van der Waals surface area contributed by atoms with Crippen LogP contribution in [-0.2, 0) is 52.7 Å². The van der Waals surface area contributed by atoms with Crippen molar-refractivity contribution < 1.29 is 62.9 Å². The lowest BCUT2D eigenvalue weighted by Gasteiger charge is -2.29. The van der Waals surface area contributed by atoms with E-state index in [9.17, 15) is 58.2 Å². The summed E-state index contributed by atoms with van der Waals surface area (Å²) in [6.07, 6.45) is 4.97. The van der Waals surface area contributed by atoms with E-state index < -0.39 is 133 Å². The molecule has 9 atom stereocenters. The molecule has 73 heavy (non-hydrogen) atoms. The number of carboxylic acid groups (broad SMARTS) is 2. The maximum Gasteiger partial charge on any atom is 0.328 e. The van der Waals surface area contributed by atoms with Crippen LogP contribution < -0.4 is 37.2 Å². The standard InChI is InChI=1S/C53H93N7O13/c1-13-35(12)20-18-16-14-15-17-19-21-36-28-43(61)54-37(22-23-44(62)63)47(66)55-38(24-30(2)3)48(67)57-40(26-32(6)7)51(70)60-46(34(10)11)52(71)58-41(29-45(64)65)50(69)56-39(25-31(4)5)49(68)59-42(27-33(8)9)53(72)73-36/h30-42,46H,13-29H2,1-12H3,(H,54,61)(H,55,66)(H,56,69)(H,57,67)(H,58,71)(H,59,68)(H,60,70)(H,62,63)(H,64,65). The number of hydrogen-bond acceptors (Lipinski definition) is 11. The van der Waals surface area contributed by atoms with Crippen molar-refractivity contribution in [1.29, 1.82) is 0 Å². The molecule has 1 saturated heterocycles. The summed E-state index contributed by atoms with van der Waals surface area (Å²) in [5.74, 6) is -10.1. The molecule has 9 unspecified atom stereocenters. The van der Waals surface area contributed by atoms with Crippen molar-refractivity contribution in [2.24, 2.45) is 35.5 Å². The highest BCUT2D eigenvalue weighted by Crippen LogP contribution is 2.19. The number of rotatable bonds is 24. The predicted octanol–water partition coefficient (Wildman–Crippen LogP) is 5.04. The first-order valence-electron chi connectivity index (χ1n) is 26.9. The van der Waals surface area contributed by atoms with E-state index in [0.717, 1.165) is 44.9 Å². The van der Waals surface area contributed by atoms with Crippen LogP contribution in [0, 0.1) is 35.5 Å². The first-order chi connectivity index (χ1) is 34.1. The van der Waals surface area contributed by atoms with E-state index in [1.54, 1.807) is 55.4 Å². The monoisotopic (exact) mass is 1040 g/mol. The van der Waals surface area contributed by atoms with Crippen molar-refractivity contribution in [1.82, 2.24) is 37.2 Å². The summed E-state index contributed by atoms with van der Waals surface area (Å²) in [5, 5.41) is 37.9. The summed E-state index contributed by atoms with van der Waals surface area (Å²) >= 11 is 0. The molecule has 1 rings (SSSR count). The highest BCUT2D eigenvalue weighted by Gasteiger charge is 2.37. The summed E-state index contributed by atoms with van der Waals surface area (Å²) in [7, 11) is 0. The van der Waals surface area contributed by atoms with Gasteiger partial charge >= 0.3 is 17.9 Å². The molecule has 1 aliphatic heterocycles. The second-order valence-corrected chi connectivity index (χ2v) is 22.2. The molecule has 0 aliphatic carbocycles. The van der Waals surface area contributed by atoms with E-state index >= 15 is 0 Å². The van der Waals surface area contributed by atoms with Gasteiger partial charge in [0.15, 0.2) is 0 Å². The Bertz CT molecular complexity index is 1810. The third kappa shape index (κ3) is 27.5. The summed E-state index contributed by atoms with van der Waals surface area (Å²) in [6.45, 7) is 22.1. The number of carboxylic acids is 2. The Hall–Kier alpha value is -5.30. The van der Waals surface area contributed by atoms with E-state index in [-0.39, 0.29) is 62.2 Å². The first kappa shape index (κ1) is 65.7. The van der Waals surface area contributed by atoms with Gasteiger partial charge in [-0.2, -0.15) is 0 Å². The Morgan fingerprint density at radius 3 is 1.36 bits per heavy atom. The number of carbonyl (C=O) groups excluding carboxylic acids is 8. The zero-order valence-electron chi connectivity index (χ0n) is 46.0. The third-order valence-electron chi connectivity index (χ3n) is 12.8. The van der Waals surface area contributed by atoms with Crippen LogP contribution in [0.15, 0.2) is 0 Å². The molecule has 418 valence electrons. The molecule has 1 aliphatic rings. The molecule has 0 radical (unpaired) electrons. The second kappa shape index (κ2) is 34.2. The summed E-state index contributed by atoms with van der Waals surface area (Å²) < 4.78 is 6.04. The van der Waals surface area contributed by atoms with Gasteiger partial charge < -0.3 is 52.2 Å². The fourth-order valence-corrected chi connectivity index (χ4v) is 8.54. The number of ether oxygens (including phenoxy) is 1. The third-order valence-corrected chi connectivity index (χ3v) is 12.8. The summed E-state index contributed by atoms with van der Waals surface area (Å²) in [6, 6.07) is -9.64. The van der Waals surface area contributed by atoms with Crippen LogP contribution in [0.2, 0.25) is 0 Å². The lowest BCUT2D eigenvalue weighted by molar-refractivity contribution is -0.155. The van der Waals surface area contributed by atoms with Gasteiger partial charge in [0.25, 0.3) is 0 Å². The van der Waals surface area contributed by atoms with Crippen molar-refractivity contribution in [3.8, 4) is 0 Å². The average Bonchev–Trinajstić information content (AvgIpc) is 3.27. The van der Waals surface area contributed by atoms with Gasteiger partial charge in [-0.1, -0.05) is 128 Å². The SMILES string of the molecule is CCC(C)CCCCCCCCC1CC(=O)NC(CCC(=O)O)C(=O)NC(CC(C)C)C(=O)NC(CC(C)C)C(=O)NC(C(C)C)C(=O)NC(CC(=O)O)C(=O)NC(CC(C)C)C(=O)NC(CC(C)C)C(=O)O1. The van der Waals surface area contributed by atoms with Gasteiger partial charge in [0.05, 0.1) is 12.8 Å². The first-order valence-corrected chi connectivity index (χ1v) is 26.9. The Labute approximate surface area is 434 Å². The molecule has 7 amide bonds. The van der Waals surface area contributed by atoms with Crippen molar-refractivity contribution >= 4 is 59.3 Å². The van der Waals surface area contributed by atoms with Crippen molar-refractivity contribution in [3.05, 3.63) is 0 Å². The smallest absolute Gasteiger partial charge is 0.328 e. The van der Waals surface area contributed by atoms with E-state index in [1.807, 2.05) is 13.8 Å². The minimum atomic E-state index is -1.72. The van der Waals surface area contributed by atoms with Gasteiger partial charge in [-0.05, 0) is 80.5 Å². The number of esters is 1. The molecule has 20 heteroatoms. The normalized spacial score (nSPS) is 24.4. The van der Waals surface area contributed by atoms with Crippen LogP contribution in [-0.4, -0.2) is 118 Å². The van der Waals surface area contributed by atoms with Gasteiger partial charge in [0.2, 0.25) is 41.4 Å². The second-order valence-electron chi connectivity index (χ2n) is 22.2. The number of cyclic esters (lactones) is 1. The highest BCUT2D eigenvalue weighted by molar-refractivity contribution is 5.98. The number of aliphatic carboxylic acids is 2. The van der Waals surface area contributed by atoms with Gasteiger partial charge in [-0.3, -0.25) is 43.2 Å². The van der Waals surface area contributed by atoms with Crippen LogP contribution in [0.25, 0.3) is 0 Å². The van der Waals surface area contributed by atoms with E-state index in [1.165, 1.54) is 0 Å². The van der Waals surface area contributed by atoms with Gasteiger partial charge in [-0.25, -0.2) is 4.79 Å². The predicted molar refractivity (Wildman–Crippen MR) is 276 cm³/mol. The zero-order valence-corrected chi connectivity index (χ0v) is 46.0. The Morgan fingerprint density at radius 1 is 0.493 bits per heavy atom. The summed E-state index contributed by atoms with van der Waals surface area (Å²) in [4.78, 5) is 137. The molecular formula is C53H93N7O13. The molecular weight excluding hydrogens is 943 g/mol. The van der Waals surface area contributed by atoms with Crippen LogP contribution in [0.1, 0.15) is 192 Å². The van der Waals surface area contributed by atoms with Gasteiger partial charge in [0, 0.05) is 6.42 Å². The molecule has 1 heterocycles. The molecule has 9 N–H and O–H groups in total. The number of nitrogens with one attached hydrogen (secondary N) is 7. The number of hydrogen-bond donors (Lipinski definition) is 9. The Balaban J connectivity index is 3.96. The van der Waals surface area contributed by atoms with E-state index in [4.69, 9.17) is 4.74 Å². The maximum absolute atomic E-state index is 14.2. The summed E-state index contributed by atoms with van der Waals surface area (Å²) in [5.41, 5.74) is 0. The molecule has 0 aromatic heterocycles. The van der Waals surface area contributed by atoms with Crippen molar-refractivity contribution in [2.45, 2.75) is 241 Å². The lowest BCUT2D eigenvalue weighted by Crippen LogP contribution is -2.61. The Kier molecular flexibility index (Phi) is 30.8. The van der Waals surface area contributed by atoms with Crippen LogP contribution >= 0.6 is 0 Å². The topological polar surface area (TPSA) is 305 Å². The molecule has 0 aromatic rings. The minimum absolute atomic E-state index is 0.0392. The van der Waals surface area contributed by atoms with Crippen LogP contribution in [0.4, 0.5) is 0 Å². The van der Waals surface area contributed by atoms with Crippen molar-refractivity contribution in [2.75, 3.05) is 0 Å². The lowest BCUT2D eigenvalue weighted by atomic mass is 9.98. The fraction of sp³-hybridized carbons (Fsp3) is 0.811. The highest BCUT2D eigenvalue weighted by atomic mass is 16.5. The van der Waals surface area contributed by atoms with Gasteiger partial charge in [-0.15, -0.1) is 0 Å². The van der Waals surface area contributed by atoms with Gasteiger partial charge in [0.1, 0.15) is 48.4 Å². The van der Waals surface area contributed by atoms with Crippen LogP contribution in [0.3, 0.4) is 0 Å². The van der Waals surface area contributed by atoms with E-state index in [0.29, 0.717) is 12.3 Å². The van der Waals surface area contributed by atoms with Crippen LogP contribution in [0.5, 0.6) is 0 Å². The minimum Gasteiger partial charge on any atom is -0.481 e. The number of amides is 7. The molecule has 1 fully saturated rings. The largest absolute Gasteiger partial charge is 0.481 e. The number of unbranched alkanes of at least 4 members (excludes halogenated alkanes) is 5. The molecule has 0 aromatic carbocycles. The quantitative estimate of drug-likeness (QED) is 0.0453. The Morgan fingerprint density at radius 2 is 0.904 bits per heavy atom. The fourth-order valence-electron chi connectivity index (χ4n) is 8.54. The van der Waals surface area contributed by atoms with E-state index in [2.05, 4.69) is 51.1 Å².